The Bertz CT molecular complexity index is 612. The number of benzene rings is 1. The number of rotatable bonds is 3. The van der Waals surface area contributed by atoms with Gasteiger partial charge in [-0.25, -0.2) is 0 Å². The van der Waals surface area contributed by atoms with Gasteiger partial charge in [0.25, 0.3) is 0 Å². The predicted octanol–water partition coefficient (Wildman–Crippen LogP) is 2.72. The van der Waals surface area contributed by atoms with Crippen molar-refractivity contribution in [2.24, 2.45) is 5.73 Å². The summed E-state index contributed by atoms with van der Waals surface area (Å²) >= 11 is 1.85. The number of hydrogen-bond donors (Lipinski definition) is 1. The number of nitrogens with zero attached hydrogens (tertiary/aromatic N) is 1. The number of likely N-dealkylation sites (tertiary alicyclic amines) is 1. The van der Waals surface area contributed by atoms with Crippen LogP contribution in [0.4, 0.5) is 0 Å². The van der Waals surface area contributed by atoms with Crippen molar-refractivity contribution < 1.29 is 4.74 Å². The second-order valence-electron chi connectivity index (χ2n) is 5.86. The van der Waals surface area contributed by atoms with Gasteiger partial charge in [-0.05, 0) is 29.9 Å². The molecule has 3 nitrogen and oxygen atoms in total. The Morgan fingerprint density at radius 3 is 2.70 bits per heavy atom. The van der Waals surface area contributed by atoms with Crippen LogP contribution >= 0.6 is 11.3 Å². The second-order valence-corrected chi connectivity index (χ2v) is 6.99. The van der Waals surface area contributed by atoms with Crippen LogP contribution in [-0.4, -0.2) is 30.2 Å². The average Bonchev–Trinajstić information content (AvgIpc) is 3.00. The lowest BCUT2D eigenvalue weighted by Crippen LogP contribution is -2.42. The van der Waals surface area contributed by atoms with Crippen molar-refractivity contribution in [2.75, 3.05) is 13.1 Å². The van der Waals surface area contributed by atoms with E-state index >= 15 is 0 Å². The quantitative estimate of drug-likeness (QED) is 0.944. The van der Waals surface area contributed by atoms with Gasteiger partial charge in [0, 0.05) is 35.8 Å². The number of nitrogens with two attached hydrogens (primary N) is 1. The molecule has 20 heavy (non-hydrogen) atoms. The molecule has 2 aliphatic heterocycles. The van der Waals surface area contributed by atoms with E-state index in [4.69, 9.17) is 10.5 Å². The van der Waals surface area contributed by atoms with Crippen LogP contribution in [-0.2, 0) is 17.8 Å². The topological polar surface area (TPSA) is 38.5 Å². The number of morpholine rings is 1. The van der Waals surface area contributed by atoms with Gasteiger partial charge >= 0.3 is 0 Å². The fourth-order valence-corrected chi connectivity index (χ4v) is 4.63. The maximum atomic E-state index is 5.95. The molecule has 2 unspecified atom stereocenters. The van der Waals surface area contributed by atoms with Crippen molar-refractivity contribution in [2.45, 2.75) is 38.1 Å². The Hall–Kier alpha value is -0.940. The van der Waals surface area contributed by atoms with Gasteiger partial charge in [0.1, 0.15) is 0 Å². The van der Waals surface area contributed by atoms with Crippen LogP contribution in [0.1, 0.15) is 23.3 Å². The van der Waals surface area contributed by atoms with Gasteiger partial charge in [0.15, 0.2) is 0 Å². The van der Waals surface area contributed by atoms with E-state index in [1.54, 1.807) is 0 Å². The summed E-state index contributed by atoms with van der Waals surface area (Å²) < 4.78 is 7.29. The lowest BCUT2D eigenvalue weighted by atomic mass is 10.1. The third-order valence-electron chi connectivity index (χ3n) is 4.47. The molecule has 3 heterocycles. The molecule has 2 aliphatic rings. The highest BCUT2D eigenvalue weighted by Gasteiger charge is 2.33. The van der Waals surface area contributed by atoms with Gasteiger partial charge in [-0.1, -0.05) is 18.2 Å². The monoisotopic (exact) mass is 288 g/mol. The summed E-state index contributed by atoms with van der Waals surface area (Å²) in [6.07, 6.45) is 3.38. The zero-order valence-corrected chi connectivity index (χ0v) is 12.4. The average molecular weight is 288 g/mol. The SMILES string of the molecule is NCc1sc2ccccc2c1CN1CC2CCC(C1)O2. The minimum absolute atomic E-state index is 0.458. The molecule has 1 aromatic heterocycles. The Labute approximate surface area is 123 Å². The van der Waals surface area contributed by atoms with E-state index in [0.29, 0.717) is 18.8 Å². The van der Waals surface area contributed by atoms with Crippen LogP contribution in [0.25, 0.3) is 10.1 Å². The van der Waals surface area contributed by atoms with Gasteiger partial charge in [-0.3, -0.25) is 4.90 Å². The molecule has 0 saturated carbocycles. The first-order valence-corrected chi connectivity index (χ1v) is 8.22. The number of fused-ring (bicyclic) bond motifs is 3. The maximum Gasteiger partial charge on any atom is 0.0707 e. The summed E-state index contributed by atoms with van der Waals surface area (Å²) in [5, 5.41) is 1.39. The van der Waals surface area contributed by atoms with E-state index in [-0.39, 0.29) is 0 Å². The fraction of sp³-hybridized carbons (Fsp3) is 0.500. The third-order valence-corrected chi connectivity index (χ3v) is 5.70. The van der Waals surface area contributed by atoms with Crippen molar-refractivity contribution >= 4 is 21.4 Å². The Morgan fingerprint density at radius 1 is 1.20 bits per heavy atom. The molecular weight excluding hydrogens is 268 g/mol. The molecule has 0 amide bonds. The van der Waals surface area contributed by atoms with Crippen molar-refractivity contribution in [3.63, 3.8) is 0 Å². The molecule has 2 saturated heterocycles. The van der Waals surface area contributed by atoms with Crippen LogP contribution < -0.4 is 5.73 Å². The number of thiophene rings is 1. The fourth-order valence-electron chi connectivity index (χ4n) is 3.54. The predicted molar refractivity (Wildman–Crippen MR) is 82.9 cm³/mol. The highest BCUT2D eigenvalue weighted by atomic mass is 32.1. The van der Waals surface area contributed by atoms with Crippen LogP contribution in [0, 0.1) is 0 Å². The van der Waals surface area contributed by atoms with E-state index in [1.807, 2.05) is 11.3 Å². The van der Waals surface area contributed by atoms with Gasteiger partial charge in [-0.2, -0.15) is 0 Å². The lowest BCUT2D eigenvalue weighted by Gasteiger charge is -2.32. The Balaban J connectivity index is 1.64. The largest absolute Gasteiger partial charge is 0.372 e. The summed E-state index contributed by atoms with van der Waals surface area (Å²) in [4.78, 5) is 3.89. The molecule has 0 aliphatic carbocycles. The summed E-state index contributed by atoms with van der Waals surface area (Å²) in [5.41, 5.74) is 7.39. The smallest absolute Gasteiger partial charge is 0.0707 e. The minimum Gasteiger partial charge on any atom is -0.372 e. The second kappa shape index (κ2) is 5.11. The molecule has 4 heteroatoms. The first-order chi connectivity index (χ1) is 9.83. The van der Waals surface area contributed by atoms with Crippen molar-refractivity contribution in [1.29, 1.82) is 0 Å². The Kier molecular flexibility index (Phi) is 3.27. The van der Waals surface area contributed by atoms with Crippen molar-refractivity contribution in [1.82, 2.24) is 4.90 Å². The van der Waals surface area contributed by atoms with Gasteiger partial charge < -0.3 is 10.5 Å². The molecule has 106 valence electrons. The maximum absolute atomic E-state index is 5.95. The molecule has 2 fully saturated rings. The molecule has 2 bridgehead atoms. The highest BCUT2D eigenvalue weighted by Crippen LogP contribution is 2.34. The summed E-state index contributed by atoms with van der Waals surface area (Å²) in [6.45, 7) is 3.81. The van der Waals surface area contributed by atoms with E-state index in [0.717, 1.165) is 19.6 Å². The third kappa shape index (κ3) is 2.17. The van der Waals surface area contributed by atoms with Gasteiger partial charge in [0.2, 0.25) is 0 Å². The molecule has 2 N–H and O–H groups in total. The highest BCUT2D eigenvalue weighted by molar-refractivity contribution is 7.19. The molecule has 0 radical (unpaired) electrons. The lowest BCUT2D eigenvalue weighted by molar-refractivity contribution is -0.0409. The zero-order chi connectivity index (χ0) is 13.5. The zero-order valence-electron chi connectivity index (χ0n) is 11.5. The molecular formula is C16H20N2OS. The Morgan fingerprint density at radius 2 is 1.95 bits per heavy atom. The summed E-state index contributed by atoms with van der Waals surface area (Å²) in [6, 6.07) is 8.67. The summed E-state index contributed by atoms with van der Waals surface area (Å²) in [7, 11) is 0. The minimum atomic E-state index is 0.458. The van der Waals surface area contributed by atoms with Crippen LogP contribution in [0.3, 0.4) is 0 Å². The van der Waals surface area contributed by atoms with E-state index in [2.05, 4.69) is 29.2 Å². The van der Waals surface area contributed by atoms with E-state index in [9.17, 15) is 0 Å². The van der Waals surface area contributed by atoms with Crippen LogP contribution in [0.5, 0.6) is 0 Å². The van der Waals surface area contributed by atoms with E-state index < -0.39 is 0 Å². The van der Waals surface area contributed by atoms with Crippen LogP contribution in [0.2, 0.25) is 0 Å². The van der Waals surface area contributed by atoms with E-state index in [1.165, 1.54) is 33.4 Å². The van der Waals surface area contributed by atoms with Crippen LogP contribution in [0.15, 0.2) is 24.3 Å². The summed E-state index contributed by atoms with van der Waals surface area (Å²) in [5.74, 6) is 0. The number of ether oxygens (including phenoxy) is 1. The standard InChI is InChI=1S/C16H20N2OS/c17-7-16-14(13-3-1-2-4-15(13)20-16)10-18-8-11-5-6-12(9-18)19-11/h1-4,11-12H,5-10,17H2. The normalized spacial score (nSPS) is 26.4. The molecule has 4 rings (SSSR count). The molecule has 1 aromatic carbocycles. The first-order valence-electron chi connectivity index (χ1n) is 7.40. The molecule has 0 spiro atoms. The van der Waals surface area contributed by atoms with Crippen molar-refractivity contribution in [3.8, 4) is 0 Å². The molecule has 2 aromatic rings. The molecule has 2 atom stereocenters. The first kappa shape index (κ1) is 12.8. The van der Waals surface area contributed by atoms with Crippen molar-refractivity contribution in [3.05, 3.63) is 34.7 Å². The van der Waals surface area contributed by atoms with Gasteiger partial charge in [-0.15, -0.1) is 11.3 Å². The number of hydrogen-bond acceptors (Lipinski definition) is 4. The van der Waals surface area contributed by atoms with Gasteiger partial charge in [0.05, 0.1) is 12.2 Å².